The van der Waals surface area contributed by atoms with E-state index in [0.717, 1.165) is 19.0 Å². The number of allylic oxidation sites excluding steroid dienone is 1. The van der Waals surface area contributed by atoms with Crippen LogP contribution in [0.5, 0.6) is 0 Å². The maximum absolute atomic E-state index is 13.9. The van der Waals surface area contributed by atoms with E-state index in [1.165, 1.54) is 17.0 Å². The smallest absolute Gasteiger partial charge is 0.408 e. The van der Waals surface area contributed by atoms with Gasteiger partial charge in [0, 0.05) is 12.3 Å². The minimum Gasteiger partial charge on any atom is -0.479 e. The van der Waals surface area contributed by atoms with E-state index in [-0.39, 0.29) is 38.3 Å². The molecule has 1 aromatic rings. The average molecular weight is 618 g/mol. The van der Waals surface area contributed by atoms with Crippen molar-refractivity contribution in [1.29, 1.82) is 0 Å². The highest BCUT2D eigenvalue weighted by molar-refractivity contribution is 5.96. The lowest BCUT2D eigenvalue weighted by atomic mass is 10.0. The van der Waals surface area contributed by atoms with Gasteiger partial charge in [-0.1, -0.05) is 25.0 Å². The van der Waals surface area contributed by atoms with E-state index in [1.807, 2.05) is 12.2 Å². The number of carboxylic acids is 1. The van der Waals surface area contributed by atoms with E-state index in [1.54, 1.807) is 20.8 Å². The van der Waals surface area contributed by atoms with Gasteiger partial charge in [0.15, 0.2) is 0 Å². The van der Waals surface area contributed by atoms with E-state index in [2.05, 4.69) is 20.9 Å². The number of carbonyl (C=O) groups excluding carboxylic acids is 4. The van der Waals surface area contributed by atoms with Gasteiger partial charge >= 0.3 is 18.2 Å². The monoisotopic (exact) mass is 617 g/mol. The molecule has 4 rings (SSSR count). The van der Waals surface area contributed by atoms with E-state index in [9.17, 15) is 33.5 Å². The summed E-state index contributed by atoms with van der Waals surface area (Å²) in [6.07, 6.45) is 5.49. The van der Waals surface area contributed by atoms with Crippen molar-refractivity contribution in [2.75, 3.05) is 6.54 Å². The lowest BCUT2D eigenvalue weighted by molar-refractivity contribution is -0.145. The molecule has 0 spiro atoms. The summed E-state index contributed by atoms with van der Waals surface area (Å²) in [5, 5.41) is 17.8. The minimum atomic E-state index is -1.49. The number of carboxylic acid groups (broad SMARTS) is 1. The number of aromatic nitrogens is 1. The fourth-order valence-corrected chi connectivity index (χ4v) is 5.46. The van der Waals surface area contributed by atoms with Crippen LogP contribution in [0.1, 0.15) is 71.4 Å². The number of fused-ring (bicyclic) bond motifs is 2. The van der Waals surface area contributed by atoms with Gasteiger partial charge in [-0.3, -0.25) is 14.6 Å². The first-order chi connectivity index (χ1) is 20.8. The third kappa shape index (κ3) is 8.44. The Morgan fingerprint density at radius 3 is 2.64 bits per heavy atom. The van der Waals surface area contributed by atoms with Crippen molar-refractivity contribution in [1.82, 2.24) is 25.8 Å². The largest absolute Gasteiger partial charge is 0.479 e. The molecule has 0 bridgehead atoms. The predicted molar refractivity (Wildman–Crippen MR) is 153 cm³/mol. The third-order valence-corrected chi connectivity index (χ3v) is 7.79. The zero-order valence-electron chi connectivity index (χ0n) is 25.1. The van der Waals surface area contributed by atoms with Crippen molar-refractivity contribution in [3.8, 4) is 0 Å². The molecule has 4 amide bonds. The van der Waals surface area contributed by atoms with Gasteiger partial charge in [-0.2, -0.15) is 0 Å². The number of rotatable bonds is 5. The first-order valence-corrected chi connectivity index (χ1v) is 14.8. The highest BCUT2D eigenvalue weighted by Gasteiger charge is 2.61. The van der Waals surface area contributed by atoms with Gasteiger partial charge in [-0.05, 0) is 58.6 Å². The number of alkyl carbamates (subject to hydrolysis) is 2. The third-order valence-electron chi connectivity index (χ3n) is 7.79. The fourth-order valence-electron chi connectivity index (χ4n) is 5.46. The van der Waals surface area contributed by atoms with Gasteiger partial charge in [-0.25, -0.2) is 18.8 Å². The maximum atomic E-state index is 13.9. The first kappa shape index (κ1) is 32.7. The normalized spacial score (nSPS) is 27.5. The number of nitrogens with zero attached hydrogens (tertiary/aromatic N) is 2. The lowest BCUT2D eigenvalue weighted by Gasteiger charge is -2.30. The van der Waals surface area contributed by atoms with Crippen LogP contribution in [0.3, 0.4) is 0 Å². The summed E-state index contributed by atoms with van der Waals surface area (Å²) in [6, 6.07) is 0.420. The van der Waals surface area contributed by atoms with E-state index >= 15 is 0 Å². The molecule has 1 aromatic heterocycles. The lowest BCUT2D eigenvalue weighted by Crippen LogP contribution is -2.56. The zero-order chi connectivity index (χ0) is 32.1. The van der Waals surface area contributed by atoms with Crippen molar-refractivity contribution in [2.24, 2.45) is 5.92 Å². The van der Waals surface area contributed by atoms with Gasteiger partial charge < -0.3 is 35.4 Å². The number of aliphatic carboxylic acids is 1. The van der Waals surface area contributed by atoms with Crippen LogP contribution in [-0.2, 0) is 30.4 Å². The van der Waals surface area contributed by atoms with Gasteiger partial charge in [-0.15, -0.1) is 0 Å². The van der Waals surface area contributed by atoms with Crippen molar-refractivity contribution in [2.45, 2.75) is 102 Å². The number of ether oxygens (including phenoxy) is 2. The molecule has 1 unspecified atom stereocenters. The molecule has 44 heavy (non-hydrogen) atoms. The Hall–Kier alpha value is -4.23. The average Bonchev–Trinajstić information content (AvgIpc) is 3.48. The number of halogens is 1. The Balaban J connectivity index is 1.53. The maximum Gasteiger partial charge on any atom is 0.408 e. The number of carbonyl (C=O) groups is 5. The topological polar surface area (TPSA) is 176 Å². The fraction of sp³-hybridized carbons (Fsp3) is 0.600. The van der Waals surface area contributed by atoms with Crippen molar-refractivity contribution < 1.29 is 42.9 Å². The highest BCUT2D eigenvalue weighted by atomic mass is 19.1. The molecule has 4 N–H and O–H groups in total. The Kier molecular flexibility index (Phi) is 10.1. The summed E-state index contributed by atoms with van der Waals surface area (Å²) in [5.41, 5.74) is -1.91. The molecule has 14 heteroatoms. The molecule has 0 aromatic carbocycles. The van der Waals surface area contributed by atoms with Crippen molar-refractivity contribution >= 4 is 30.0 Å². The number of pyridine rings is 1. The quantitative estimate of drug-likeness (QED) is 0.362. The Morgan fingerprint density at radius 2 is 1.95 bits per heavy atom. The van der Waals surface area contributed by atoms with Crippen LogP contribution >= 0.6 is 0 Å². The molecular weight excluding hydrogens is 577 g/mol. The predicted octanol–water partition coefficient (Wildman–Crippen LogP) is 2.79. The minimum absolute atomic E-state index is 0.0453. The van der Waals surface area contributed by atoms with Gasteiger partial charge in [0.1, 0.15) is 35.1 Å². The Bertz CT molecular complexity index is 1280. The summed E-state index contributed by atoms with van der Waals surface area (Å²) in [5.74, 6) is -3.34. The van der Waals surface area contributed by atoms with Crippen LogP contribution in [0.15, 0.2) is 30.5 Å². The molecule has 0 radical (unpaired) electrons. The molecular formula is C30H40FN5O8. The second-order valence-corrected chi connectivity index (χ2v) is 12.4. The molecule has 2 aliphatic heterocycles. The van der Waals surface area contributed by atoms with Crippen LogP contribution < -0.4 is 16.0 Å². The van der Waals surface area contributed by atoms with E-state index in [4.69, 9.17) is 9.47 Å². The van der Waals surface area contributed by atoms with Gasteiger partial charge in [0.2, 0.25) is 11.8 Å². The molecule has 1 saturated heterocycles. The van der Waals surface area contributed by atoms with Crippen LogP contribution in [0.4, 0.5) is 14.0 Å². The second kappa shape index (κ2) is 13.6. The summed E-state index contributed by atoms with van der Waals surface area (Å²) in [4.78, 5) is 70.2. The van der Waals surface area contributed by atoms with Crippen LogP contribution in [0, 0.1) is 11.7 Å². The second-order valence-electron chi connectivity index (χ2n) is 12.4. The molecule has 3 heterocycles. The van der Waals surface area contributed by atoms with Crippen molar-refractivity contribution in [3.05, 3.63) is 42.0 Å². The van der Waals surface area contributed by atoms with Crippen molar-refractivity contribution in [3.63, 3.8) is 0 Å². The van der Waals surface area contributed by atoms with E-state index < -0.39 is 65.1 Å². The summed E-state index contributed by atoms with van der Waals surface area (Å²) in [6.45, 7) is 4.89. The van der Waals surface area contributed by atoms with Crippen LogP contribution in [0.2, 0.25) is 0 Å². The SMILES string of the molecule is CC(C)(C)OC(=O)N[C@H]1CCCCCC=C[C@@H]2C[C@@]2(C(=O)O)NC(=O)C2C[C@@H](OC(=O)NCc3ccc(F)cn3)CN2C1=O. The van der Waals surface area contributed by atoms with Crippen LogP contribution in [-0.4, -0.2) is 80.8 Å². The zero-order valence-corrected chi connectivity index (χ0v) is 25.1. The van der Waals surface area contributed by atoms with E-state index in [0.29, 0.717) is 18.5 Å². The molecule has 3 aliphatic rings. The summed E-state index contributed by atoms with van der Waals surface area (Å²) >= 11 is 0. The summed E-state index contributed by atoms with van der Waals surface area (Å²) < 4.78 is 24.0. The van der Waals surface area contributed by atoms with Gasteiger partial charge in [0.25, 0.3) is 0 Å². The highest BCUT2D eigenvalue weighted by Crippen LogP contribution is 2.45. The Labute approximate surface area is 254 Å². The molecule has 1 aliphatic carbocycles. The van der Waals surface area contributed by atoms with Crippen LogP contribution in [0.25, 0.3) is 0 Å². The molecule has 2 fully saturated rings. The van der Waals surface area contributed by atoms with Gasteiger partial charge in [0.05, 0.1) is 25.0 Å². The molecule has 13 nitrogen and oxygen atoms in total. The number of hydrogen-bond donors (Lipinski definition) is 4. The standard InChI is InChI=1S/C30H40FN5O8/c1-29(2,3)44-28(42)34-22-10-8-6-4-5-7-9-18-14-30(18,26(39)40)35-24(37)23-13-21(17-36(23)25(22)38)43-27(41)33-16-20-12-11-19(31)15-32-20/h7,9,11-12,15,18,21-23H,4-6,8,10,13-14,16-17H2,1-3H3,(H,33,41)(H,34,42)(H,35,37)(H,39,40)/t18-,21-,22+,23?,30-/m1/s1. The summed E-state index contributed by atoms with van der Waals surface area (Å²) in [7, 11) is 0. The molecule has 5 atom stereocenters. The molecule has 240 valence electrons. The Morgan fingerprint density at radius 1 is 1.18 bits per heavy atom. The first-order valence-electron chi connectivity index (χ1n) is 14.8. The number of amides is 4. The number of hydrogen-bond acceptors (Lipinski definition) is 8. The number of nitrogens with one attached hydrogen (secondary N) is 3. The molecule has 1 saturated carbocycles.